The minimum absolute atomic E-state index is 0.0241. The van der Waals surface area contributed by atoms with Crippen molar-refractivity contribution in [2.45, 2.75) is 52.9 Å². The molecule has 2 bridgehead atoms. The zero-order valence-corrected chi connectivity index (χ0v) is 17.9. The van der Waals surface area contributed by atoms with Crippen LogP contribution in [0.15, 0.2) is 11.1 Å². The van der Waals surface area contributed by atoms with Crippen LogP contribution in [0.3, 0.4) is 0 Å². The number of carboxylic acids is 1. The number of hydrogen-bond acceptors (Lipinski definition) is 5. The van der Waals surface area contributed by atoms with Crippen LogP contribution in [0.5, 0.6) is 0 Å². The topological polar surface area (TPSA) is 92.7 Å². The van der Waals surface area contributed by atoms with Crippen molar-refractivity contribution in [2.75, 3.05) is 11.9 Å². The highest BCUT2D eigenvalue weighted by Gasteiger charge is 2.57. The lowest BCUT2D eigenvalue weighted by Crippen LogP contribution is -2.38. The Morgan fingerprint density at radius 1 is 1.14 bits per heavy atom. The lowest BCUT2D eigenvalue weighted by atomic mass is 9.79. The summed E-state index contributed by atoms with van der Waals surface area (Å²) in [6.07, 6.45) is 4.38. The lowest BCUT2D eigenvalue weighted by molar-refractivity contribution is -0.148. The second-order valence-electron chi connectivity index (χ2n) is 8.41. The maximum Gasteiger partial charge on any atom is 0.341 e. The van der Waals surface area contributed by atoms with E-state index in [1.165, 1.54) is 11.3 Å². The maximum absolute atomic E-state index is 13.3. The molecule has 1 amide bonds. The molecule has 6 nitrogen and oxygen atoms in total. The molecule has 3 aliphatic rings. The zero-order chi connectivity index (χ0) is 20.9. The highest BCUT2D eigenvalue weighted by molar-refractivity contribution is 7.17. The number of anilines is 1. The van der Waals surface area contributed by atoms with Crippen molar-refractivity contribution in [1.29, 1.82) is 0 Å². The number of carbonyl (C=O) groups is 3. The number of amides is 1. The van der Waals surface area contributed by atoms with Crippen molar-refractivity contribution in [2.24, 2.45) is 23.7 Å². The van der Waals surface area contributed by atoms with E-state index in [1.807, 2.05) is 13.8 Å². The van der Waals surface area contributed by atoms with Crippen molar-refractivity contribution in [3.8, 4) is 0 Å². The molecule has 4 atom stereocenters. The van der Waals surface area contributed by atoms with E-state index in [9.17, 15) is 19.5 Å². The van der Waals surface area contributed by atoms with Gasteiger partial charge in [0.05, 0.1) is 24.0 Å². The standard InChI is InChI=1S/C22H27NO5S/c1-4-28-22(27)18-11-6-5-7-14(11)29-20(18)23-19(24)16-12-8-9-13(15(12)10(2)3)17(16)21(25)26/h12-13,16-17H,4-9H2,1-3H3,(H,23,24)(H,25,26)/t12-,13+,16+,17+/m1/s1. The van der Waals surface area contributed by atoms with Crippen molar-refractivity contribution in [3.63, 3.8) is 0 Å². The number of nitrogens with one attached hydrogen (secondary N) is 1. The number of esters is 1. The second-order valence-corrected chi connectivity index (χ2v) is 9.51. The summed E-state index contributed by atoms with van der Waals surface area (Å²) >= 11 is 1.43. The molecule has 1 aromatic heterocycles. The number of hydrogen-bond donors (Lipinski definition) is 2. The van der Waals surface area contributed by atoms with E-state index >= 15 is 0 Å². The molecule has 4 rings (SSSR count). The van der Waals surface area contributed by atoms with Crippen LogP contribution in [0.1, 0.15) is 60.8 Å². The number of rotatable bonds is 5. The first-order valence-electron chi connectivity index (χ1n) is 10.4. The molecule has 1 heterocycles. The minimum atomic E-state index is -0.907. The van der Waals surface area contributed by atoms with Crippen molar-refractivity contribution in [3.05, 3.63) is 27.2 Å². The molecule has 2 fully saturated rings. The fraction of sp³-hybridized carbons (Fsp3) is 0.591. The van der Waals surface area contributed by atoms with Gasteiger partial charge in [-0.15, -0.1) is 11.3 Å². The molecule has 0 aromatic carbocycles. The Morgan fingerprint density at radius 2 is 1.83 bits per heavy atom. The average Bonchev–Trinajstić information content (AvgIpc) is 3.39. The molecule has 0 spiro atoms. The Labute approximate surface area is 174 Å². The van der Waals surface area contributed by atoms with E-state index in [0.29, 0.717) is 10.6 Å². The highest BCUT2D eigenvalue weighted by Crippen LogP contribution is 2.57. The van der Waals surface area contributed by atoms with Crippen LogP contribution in [-0.4, -0.2) is 29.6 Å². The summed E-state index contributed by atoms with van der Waals surface area (Å²) in [6, 6.07) is 0. The normalized spacial score (nSPS) is 27.1. The number of ether oxygens (including phenoxy) is 1. The van der Waals surface area contributed by atoms with Crippen LogP contribution >= 0.6 is 11.3 Å². The smallest absolute Gasteiger partial charge is 0.341 e. The third-order valence-electron chi connectivity index (χ3n) is 6.64. The predicted octanol–water partition coefficient (Wildman–Crippen LogP) is 4.05. The third kappa shape index (κ3) is 3.19. The van der Waals surface area contributed by atoms with Crippen molar-refractivity contribution >= 4 is 34.2 Å². The van der Waals surface area contributed by atoms with Gasteiger partial charge in [0.2, 0.25) is 5.91 Å². The monoisotopic (exact) mass is 417 g/mol. The SMILES string of the molecule is CCOC(=O)c1c(NC(=O)[C@@H]2[C@@H](C(=O)O)[C@H]3CC[C@@H]2C3=C(C)C)sc2c1CCC2. The fourth-order valence-corrected chi connectivity index (χ4v) is 6.99. The van der Waals surface area contributed by atoms with Gasteiger partial charge in [0.15, 0.2) is 0 Å². The van der Waals surface area contributed by atoms with Gasteiger partial charge < -0.3 is 15.2 Å². The van der Waals surface area contributed by atoms with Gasteiger partial charge in [0.1, 0.15) is 5.00 Å². The van der Waals surface area contributed by atoms with E-state index in [2.05, 4.69) is 5.32 Å². The number of carboxylic acid groups (broad SMARTS) is 1. The molecule has 0 aliphatic heterocycles. The quantitative estimate of drug-likeness (QED) is 0.557. The third-order valence-corrected chi connectivity index (χ3v) is 7.85. The van der Waals surface area contributed by atoms with Gasteiger partial charge >= 0.3 is 11.9 Å². The minimum Gasteiger partial charge on any atom is -0.481 e. The molecule has 2 saturated carbocycles. The second kappa shape index (κ2) is 7.59. The molecule has 2 N–H and O–H groups in total. The molecule has 7 heteroatoms. The Hall–Kier alpha value is -2.15. The number of carbonyl (C=O) groups excluding carboxylic acids is 2. The molecule has 0 unspecified atom stereocenters. The zero-order valence-electron chi connectivity index (χ0n) is 17.0. The van der Waals surface area contributed by atoms with Gasteiger partial charge in [0.25, 0.3) is 0 Å². The van der Waals surface area contributed by atoms with Crippen LogP contribution in [0.2, 0.25) is 0 Å². The molecule has 0 saturated heterocycles. The molecule has 3 aliphatic carbocycles. The number of allylic oxidation sites excluding steroid dienone is 2. The Balaban J connectivity index is 1.66. The molecular weight excluding hydrogens is 390 g/mol. The average molecular weight is 418 g/mol. The van der Waals surface area contributed by atoms with Crippen LogP contribution < -0.4 is 5.32 Å². The van der Waals surface area contributed by atoms with Crippen molar-refractivity contribution in [1.82, 2.24) is 0 Å². The van der Waals surface area contributed by atoms with E-state index in [-0.39, 0.29) is 24.3 Å². The van der Waals surface area contributed by atoms with Crippen LogP contribution in [-0.2, 0) is 27.2 Å². The van der Waals surface area contributed by atoms with Gasteiger partial charge in [-0.05, 0) is 70.3 Å². The summed E-state index contributed by atoms with van der Waals surface area (Å²) in [6.45, 7) is 6.04. The van der Waals surface area contributed by atoms with Gasteiger partial charge in [-0.2, -0.15) is 0 Å². The summed E-state index contributed by atoms with van der Waals surface area (Å²) in [5.41, 5.74) is 3.73. The molecular formula is C22H27NO5S. The molecule has 29 heavy (non-hydrogen) atoms. The van der Waals surface area contributed by atoms with E-state index in [4.69, 9.17) is 4.74 Å². The Bertz CT molecular complexity index is 911. The van der Waals surface area contributed by atoms with Crippen LogP contribution in [0.25, 0.3) is 0 Å². The lowest BCUT2D eigenvalue weighted by Gasteiger charge is -2.26. The Kier molecular flexibility index (Phi) is 5.27. The predicted molar refractivity (Wildman–Crippen MR) is 110 cm³/mol. The summed E-state index contributed by atoms with van der Waals surface area (Å²) in [7, 11) is 0. The summed E-state index contributed by atoms with van der Waals surface area (Å²) in [4.78, 5) is 39.0. The van der Waals surface area contributed by atoms with Gasteiger partial charge in [-0.1, -0.05) is 11.1 Å². The van der Waals surface area contributed by atoms with Crippen LogP contribution in [0, 0.1) is 23.7 Å². The van der Waals surface area contributed by atoms with Gasteiger partial charge in [0, 0.05) is 4.88 Å². The summed E-state index contributed by atoms with van der Waals surface area (Å²) < 4.78 is 5.23. The molecule has 0 radical (unpaired) electrons. The first-order chi connectivity index (χ1) is 13.8. The van der Waals surface area contributed by atoms with Crippen molar-refractivity contribution < 1.29 is 24.2 Å². The van der Waals surface area contributed by atoms with E-state index in [1.54, 1.807) is 6.92 Å². The summed E-state index contributed by atoms with van der Waals surface area (Å²) in [5.74, 6) is -2.97. The first kappa shape index (κ1) is 20.1. The number of fused-ring (bicyclic) bond motifs is 3. The summed E-state index contributed by atoms with van der Waals surface area (Å²) in [5, 5.41) is 13.3. The molecule has 1 aromatic rings. The largest absolute Gasteiger partial charge is 0.481 e. The fourth-order valence-electron chi connectivity index (χ4n) is 5.71. The van der Waals surface area contributed by atoms with E-state index in [0.717, 1.165) is 53.7 Å². The molecule has 156 valence electrons. The van der Waals surface area contributed by atoms with Gasteiger partial charge in [-0.3, -0.25) is 9.59 Å². The first-order valence-corrected chi connectivity index (χ1v) is 11.2. The number of aliphatic carboxylic acids is 1. The Morgan fingerprint density at radius 3 is 2.45 bits per heavy atom. The number of thiophene rings is 1. The van der Waals surface area contributed by atoms with Gasteiger partial charge in [-0.25, -0.2) is 4.79 Å². The maximum atomic E-state index is 13.3. The van der Waals surface area contributed by atoms with E-state index < -0.39 is 23.8 Å². The highest BCUT2D eigenvalue weighted by atomic mass is 32.1. The number of aryl methyl sites for hydroxylation is 1. The van der Waals surface area contributed by atoms with Crippen LogP contribution in [0.4, 0.5) is 5.00 Å².